The maximum atomic E-state index is 15.0. The summed E-state index contributed by atoms with van der Waals surface area (Å²) < 4.78 is 31.6. The molecule has 4 aromatic heterocycles. The first-order chi connectivity index (χ1) is 44.8. The van der Waals surface area contributed by atoms with Crippen LogP contribution in [0.1, 0.15) is 142 Å². The van der Waals surface area contributed by atoms with Gasteiger partial charge in [0, 0.05) is 81.0 Å². The van der Waals surface area contributed by atoms with Crippen LogP contribution in [0.5, 0.6) is 0 Å². The lowest BCUT2D eigenvalue weighted by Gasteiger charge is -2.40. The average Bonchev–Trinajstić information content (AvgIpc) is 1.59. The summed E-state index contributed by atoms with van der Waals surface area (Å²) in [4.78, 5) is 25.0. The third kappa shape index (κ3) is 15.5. The van der Waals surface area contributed by atoms with Gasteiger partial charge in [-0.25, -0.2) is 0 Å². The van der Waals surface area contributed by atoms with Gasteiger partial charge in [0.1, 0.15) is 0 Å². The summed E-state index contributed by atoms with van der Waals surface area (Å²) in [6, 6.07) is 49.2. The zero-order chi connectivity index (χ0) is 69.5. The molecule has 0 spiro atoms. The van der Waals surface area contributed by atoms with E-state index in [-0.39, 0.29) is 49.6 Å². The number of thiophene rings is 4. The molecule has 11 rings (SSSR count). The Labute approximate surface area is 622 Å². The normalized spacial score (nSPS) is 18.3. The SMILES string of the molecule is CC(C)(C)[Si](C)(C)OCC1=C(CO[Si](C)(C)C(C)(C)C)[C@@H](c2ccc(-c3ccc4c(c3)C(=O)c3cc(-c5ccc([C@H]6C=C[C@@H](c7ccc(-c8ccc(I)cc8)s7)C(CO[Si](C)(C)C(C)(C)C)=C6CO[Si](C)(C)C(C)(C)C)s5)ccc3-4)s2)C=C[C@H]1c1ccc(-c2ccc(I)cc2)s1. The molecule has 0 bridgehead atoms. The molecule has 506 valence electrons. The number of hydrogen-bond donors (Lipinski definition) is 0. The molecule has 0 unspecified atom stereocenters. The molecule has 0 radical (unpaired) electrons. The van der Waals surface area contributed by atoms with Gasteiger partial charge in [-0.3, -0.25) is 4.79 Å². The van der Waals surface area contributed by atoms with E-state index in [1.807, 2.05) is 45.3 Å². The van der Waals surface area contributed by atoms with Crippen LogP contribution >= 0.6 is 90.5 Å². The molecule has 15 heteroatoms. The Morgan fingerprint density at radius 1 is 0.323 bits per heavy atom. The van der Waals surface area contributed by atoms with Crippen LogP contribution in [-0.2, 0) is 17.7 Å². The highest BCUT2D eigenvalue weighted by atomic mass is 127. The first-order valence-electron chi connectivity index (χ1n) is 33.9. The average molecular weight is 1650 g/mol. The molecule has 8 aromatic rings. The van der Waals surface area contributed by atoms with Crippen molar-refractivity contribution in [3.8, 4) is 52.9 Å². The lowest BCUT2D eigenvalue weighted by atomic mass is 9.81. The van der Waals surface area contributed by atoms with Crippen LogP contribution in [0.15, 0.2) is 180 Å². The van der Waals surface area contributed by atoms with Gasteiger partial charge < -0.3 is 17.7 Å². The minimum atomic E-state index is -2.18. The zero-order valence-corrected chi connectivity index (χ0v) is 71.7. The smallest absolute Gasteiger partial charge is 0.194 e. The van der Waals surface area contributed by atoms with Crippen LogP contribution in [0.25, 0.3) is 52.9 Å². The third-order valence-corrected chi connectivity index (χ3v) is 46.5. The molecular formula is C81H98I2O5S4Si4. The van der Waals surface area contributed by atoms with Crippen LogP contribution in [0.3, 0.4) is 0 Å². The summed E-state index contributed by atoms with van der Waals surface area (Å²) in [5, 5.41) is 0.191. The monoisotopic (exact) mass is 1640 g/mol. The molecule has 4 aromatic carbocycles. The maximum absolute atomic E-state index is 15.0. The Hall–Kier alpha value is -3.52. The van der Waals surface area contributed by atoms with Gasteiger partial charge >= 0.3 is 0 Å². The predicted molar refractivity (Wildman–Crippen MR) is 443 cm³/mol. The molecule has 3 aliphatic rings. The number of carbonyl (C=O) groups excluding carboxylic acids is 1. The summed E-state index contributed by atoms with van der Waals surface area (Å²) in [6.45, 7) is 49.1. The molecular weight excluding hydrogens is 1550 g/mol. The largest absolute Gasteiger partial charge is 0.413 e. The molecule has 5 nitrogen and oxygen atoms in total. The zero-order valence-electron chi connectivity index (χ0n) is 60.1. The van der Waals surface area contributed by atoms with Crippen molar-refractivity contribution >= 4 is 130 Å². The van der Waals surface area contributed by atoms with E-state index in [0.717, 1.165) is 43.1 Å². The number of benzene rings is 4. The lowest BCUT2D eigenvalue weighted by Crippen LogP contribution is -2.42. The lowest BCUT2D eigenvalue weighted by molar-refractivity contribution is 0.104. The van der Waals surface area contributed by atoms with E-state index in [0.29, 0.717) is 26.4 Å². The van der Waals surface area contributed by atoms with Gasteiger partial charge in [0.2, 0.25) is 0 Å². The summed E-state index contributed by atoms with van der Waals surface area (Å²) >= 11 is 12.2. The van der Waals surface area contributed by atoms with Crippen molar-refractivity contribution in [3.63, 3.8) is 0 Å². The van der Waals surface area contributed by atoms with Crippen LogP contribution in [0, 0.1) is 7.14 Å². The van der Waals surface area contributed by atoms with Crippen LogP contribution in [0.4, 0.5) is 0 Å². The summed E-state index contributed by atoms with van der Waals surface area (Å²) in [5.74, 6) is 0.212. The van der Waals surface area contributed by atoms with E-state index in [1.165, 1.54) is 69.8 Å². The van der Waals surface area contributed by atoms with Gasteiger partial charge in [0.25, 0.3) is 0 Å². The number of rotatable bonds is 20. The third-order valence-electron chi connectivity index (χ3n) is 22.3. The fourth-order valence-corrected chi connectivity index (χ4v) is 20.7. The first kappa shape index (κ1) is 73.7. The second-order valence-electron chi connectivity index (χ2n) is 32.6. The first-order valence-corrected chi connectivity index (χ1v) is 51.0. The van der Waals surface area contributed by atoms with Gasteiger partial charge in [-0.05, 0) is 258 Å². The molecule has 3 aliphatic carbocycles. The number of hydrogen-bond acceptors (Lipinski definition) is 9. The molecule has 4 atom stereocenters. The number of halogens is 2. The molecule has 0 amide bonds. The molecule has 0 saturated heterocycles. The highest BCUT2D eigenvalue weighted by Gasteiger charge is 2.44. The quantitative estimate of drug-likeness (QED) is 0.0432. The fraction of sp³-hybridized carbons (Fsp3) is 0.395. The Bertz CT molecular complexity index is 4040. The van der Waals surface area contributed by atoms with Crippen molar-refractivity contribution in [2.45, 2.75) is 179 Å². The van der Waals surface area contributed by atoms with E-state index < -0.39 is 33.3 Å². The molecule has 96 heavy (non-hydrogen) atoms. The van der Waals surface area contributed by atoms with Crippen molar-refractivity contribution in [2.75, 3.05) is 26.4 Å². The second kappa shape index (κ2) is 28.0. The molecule has 0 fully saturated rings. The predicted octanol–water partition coefficient (Wildman–Crippen LogP) is 26.6. The molecule has 0 saturated carbocycles. The summed E-state index contributed by atoms with van der Waals surface area (Å²) in [5.41, 5.74) is 13.4. The van der Waals surface area contributed by atoms with Crippen LogP contribution in [-0.4, -0.2) is 65.5 Å². The van der Waals surface area contributed by atoms with Crippen molar-refractivity contribution in [3.05, 3.63) is 218 Å². The van der Waals surface area contributed by atoms with E-state index in [2.05, 4.69) is 338 Å². The second-order valence-corrected chi connectivity index (χ2v) is 58.8. The maximum Gasteiger partial charge on any atom is 0.194 e. The summed E-state index contributed by atoms with van der Waals surface area (Å²) in [7, 11) is -8.69. The van der Waals surface area contributed by atoms with E-state index in [1.54, 1.807) is 0 Å². The number of ketones is 1. The fourth-order valence-electron chi connectivity index (χ4n) is 11.7. The summed E-state index contributed by atoms with van der Waals surface area (Å²) in [6.07, 6.45) is 9.79. The van der Waals surface area contributed by atoms with Crippen LogP contribution in [0.2, 0.25) is 72.5 Å². The minimum Gasteiger partial charge on any atom is -0.413 e. The highest BCUT2D eigenvalue weighted by molar-refractivity contribution is 14.1. The van der Waals surface area contributed by atoms with Gasteiger partial charge in [-0.2, -0.15) is 0 Å². The van der Waals surface area contributed by atoms with Gasteiger partial charge in [-0.15, -0.1) is 45.3 Å². The molecule has 0 aliphatic heterocycles. The Morgan fingerprint density at radius 3 is 0.792 bits per heavy atom. The number of carbonyl (C=O) groups is 1. The van der Waals surface area contributed by atoms with E-state index >= 15 is 0 Å². The highest BCUT2D eigenvalue weighted by Crippen LogP contribution is 2.52. The van der Waals surface area contributed by atoms with E-state index in [4.69, 9.17) is 17.7 Å². The van der Waals surface area contributed by atoms with E-state index in [9.17, 15) is 4.79 Å². The topological polar surface area (TPSA) is 54.0 Å². The van der Waals surface area contributed by atoms with Crippen molar-refractivity contribution in [1.29, 1.82) is 0 Å². The van der Waals surface area contributed by atoms with Crippen molar-refractivity contribution < 1.29 is 22.5 Å². The standard InChI is InChI=1S/C81H98I2O5S4Si4/c1-78(2,3)93(13,14)85-47-65-59(73-41-37-69(89-73)51-21-27-55(82)28-22-51)33-35-61(67(65)49-87-95(17,18)80(7,8)9)75-43-39-71(91-75)53-25-31-57-58-32-26-54(46-64(58)77(84)63(57)45-53)72-40-44-76(92-72)62-36-34-60(74-42-38-70(90-74)52-23-29-56(83)30-24-52)66(48-86-94(15,16)79(4,5)6)68(62)50-88-96(19,20)81(10,11)12/h21-46,59-62H,47-50H2,1-20H3/t59-,60-,61+,62+/m1/s1. The van der Waals surface area contributed by atoms with Crippen molar-refractivity contribution in [2.24, 2.45) is 0 Å². The Morgan fingerprint density at radius 2 is 0.552 bits per heavy atom. The van der Waals surface area contributed by atoms with Gasteiger partial charge in [-0.1, -0.05) is 156 Å². The van der Waals surface area contributed by atoms with Gasteiger partial charge in [0.05, 0.1) is 26.4 Å². The van der Waals surface area contributed by atoms with Crippen molar-refractivity contribution in [1.82, 2.24) is 0 Å². The van der Waals surface area contributed by atoms with Crippen LogP contribution < -0.4 is 0 Å². The number of fused-ring (bicyclic) bond motifs is 3. The molecule has 4 heterocycles. The minimum absolute atomic E-state index is 0.00634. The number of allylic oxidation sites excluding steroid dienone is 4. The Balaban J connectivity index is 0.902. The van der Waals surface area contributed by atoms with Gasteiger partial charge in [0.15, 0.2) is 39.1 Å². The molecule has 0 N–H and O–H groups in total. The Kier molecular flexibility index (Phi) is 21.5.